The Kier molecular flexibility index (Phi) is 5.36. The minimum absolute atomic E-state index is 0.0819. The molecule has 2 aromatic carbocycles. The van der Waals surface area contributed by atoms with E-state index in [1.165, 1.54) is 12.1 Å². The third kappa shape index (κ3) is 4.77. The number of amides is 1. The highest BCUT2D eigenvalue weighted by atomic mass is 19.1. The minimum atomic E-state index is -0.296. The fourth-order valence-corrected chi connectivity index (χ4v) is 1.99. The van der Waals surface area contributed by atoms with Gasteiger partial charge in [0, 0.05) is 44.1 Å². The Hall–Kier alpha value is -2.56. The van der Waals surface area contributed by atoms with Crippen molar-refractivity contribution in [2.75, 3.05) is 36.2 Å². The highest BCUT2D eigenvalue weighted by Crippen LogP contribution is 2.15. The molecule has 0 bridgehead atoms. The fraction of sp³-hybridized carbons (Fsp3) is 0.235. The SMILES string of the molecule is CN(C)c1ccc(NC(=O)CCNc2cccc(F)c2)cc1. The molecule has 116 valence electrons. The van der Waals surface area contributed by atoms with E-state index in [0.717, 1.165) is 11.4 Å². The van der Waals surface area contributed by atoms with Gasteiger partial charge in [-0.3, -0.25) is 4.79 Å². The first-order valence-electron chi connectivity index (χ1n) is 7.11. The molecule has 0 heterocycles. The summed E-state index contributed by atoms with van der Waals surface area (Å²) in [5, 5.41) is 5.85. The maximum absolute atomic E-state index is 13.0. The van der Waals surface area contributed by atoms with Crippen molar-refractivity contribution in [3.05, 3.63) is 54.3 Å². The lowest BCUT2D eigenvalue weighted by Crippen LogP contribution is -2.16. The zero-order valence-electron chi connectivity index (χ0n) is 12.8. The van der Waals surface area contributed by atoms with Crippen LogP contribution in [0, 0.1) is 5.82 Å². The fourth-order valence-electron chi connectivity index (χ4n) is 1.99. The van der Waals surface area contributed by atoms with Crippen molar-refractivity contribution < 1.29 is 9.18 Å². The third-order valence-corrected chi connectivity index (χ3v) is 3.17. The summed E-state index contributed by atoms with van der Waals surface area (Å²) in [6.45, 7) is 0.449. The van der Waals surface area contributed by atoms with Crippen LogP contribution in [-0.2, 0) is 4.79 Å². The first kappa shape index (κ1) is 15.8. The number of hydrogen-bond donors (Lipinski definition) is 2. The van der Waals surface area contributed by atoms with Gasteiger partial charge in [-0.25, -0.2) is 4.39 Å². The van der Waals surface area contributed by atoms with Crippen molar-refractivity contribution >= 4 is 23.0 Å². The molecule has 2 N–H and O–H groups in total. The topological polar surface area (TPSA) is 44.4 Å². The second kappa shape index (κ2) is 7.45. The van der Waals surface area contributed by atoms with E-state index in [-0.39, 0.29) is 11.7 Å². The number of halogens is 1. The maximum atomic E-state index is 13.0. The van der Waals surface area contributed by atoms with Crippen molar-refractivity contribution in [2.45, 2.75) is 6.42 Å². The predicted molar refractivity (Wildman–Crippen MR) is 88.9 cm³/mol. The van der Waals surface area contributed by atoms with E-state index in [9.17, 15) is 9.18 Å². The molecule has 1 amide bonds. The van der Waals surface area contributed by atoms with Gasteiger partial charge in [-0.1, -0.05) is 6.07 Å². The lowest BCUT2D eigenvalue weighted by atomic mass is 10.2. The number of rotatable bonds is 6. The molecule has 0 unspecified atom stereocenters. The number of carbonyl (C=O) groups excluding carboxylic acids is 1. The summed E-state index contributed by atoms with van der Waals surface area (Å²) in [5.74, 6) is -0.378. The average molecular weight is 301 g/mol. The first-order valence-corrected chi connectivity index (χ1v) is 7.11. The van der Waals surface area contributed by atoms with Gasteiger partial charge < -0.3 is 15.5 Å². The van der Waals surface area contributed by atoms with Gasteiger partial charge in [-0.05, 0) is 42.5 Å². The molecule has 0 saturated heterocycles. The molecule has 0 fully saturated rings. The molecule has 22 heavy (non-hydrogen) atoms. The van der Waals surface area contributed by atoms with E-state index in [2.05, 4.69) is 10.6 Å². The van der Waals surface area contributed by atoms with Crippen molar-refractivity contribution in [3.8, 4) is 0 Å². The number of nitrogens with one attached hydrogen (secondary N) is 2. The molecule has 5 heteroatoms. The summed E-state index contributed by atoms with van der Waals surface area (Å²) in [5.41, 5.74) is 2.51. The van der Waals surface area contributed by atoms with Crippen molar-refractivity contribution in [3.63, 3.8) is 0 Å². The molecule has 0 radical (unpaired) electrons. The summed E-state index contributed by atoms with van der Waals surface area (Å²) in [6, 6.07) is 13.8. The molecule has 0 saturated carbocycles. The van der Waals surface area contributed by atoms with Crippen LogP contribution < -0.4 is 15.5 Å². The zero-order valence-corrected chi connectivity index (χ0v) is 12.8. The number of hydrogen-bond acceptors (Lipinski definition) is 3. The van der Waals surface area contributed by atoms with E-state index >= 15 is 0 Å². The third-order valence-electron chi connectivity index (χ3n) is 3.17. The second-order valence-corrected chi connectivity index (χ2v) is 5.18. The normalized spacial score (nSPS) is 10.1. The maximum Gasteiger partial charge on any atom is 0.226 e. The molecule has 0 atom stereocenters. The molecule has 2 rings (SSSR count). The predicted octanol–water partition coefficient (Wildman–Crippen LogP) is 3.33. The summed E-state index contributed by atoms with van der Waals surface area (Å²) in [4.78, 5) is 13.8. The van der Waals surface area contributed by atoms with Crippen LogP contribution >= 0.6 is 0 Å². The average Bonchev–Trinajstić information content (AvgIpc) is 2.48. The summed E-state index contributed by atoms with van der Waals surface area (Å²) < 4.78 is 13.0. The first-order chi connectivity index (χ1) is 10.5. The number of benzene rings is 2. The van der Waals surface area contributed by atoms with Gasteiger partial charge in [-0.15, -0.1) is 0 Å². The molecule has 2 aromatic rings. The van der Waals surface area contributed by atoms with Crippen molar-refractivity contribution in [1.29, 1.82) is 0 Å². The van der Waals surface area contributed by atoms with Gasteiger partial charge in [-0.2, -0.15) is 0 Å². The van der Waals surface area contributed by atoms with E-state index in [0.29, 0.717) is 18.7 Å². The van der Waals surface area contributed by atoms with Gasteiger partial charge in [0.15, 0.2) is 0 Å². The Balaban J connectivity index is 1.78. The second-order valence-electron chi connectivity index (χ2n) is 5.18. The van der Waals surface area contributed by atoms with E-state index in [4.69, 9.17) is 0 Å². The molecule has 4 nitrogen and oxygen atoms in total. The monoisotopic (exact) mass is 301 g/mol. The Morgan fingerprint density at radius 1 is 1.09 bits per heavy atom. The van der Waals surface area contributed by atoms with Gasteiger partial charge in [0.05, 0.1) is 0 Å². The Morgan fingerprint density at radius 3 is 2.45 bits per heavy atom. The molecular weight excluding hydrogens is 281 g/mol. The number of anilines is 3. The number of carbonyl (C=O) groups is 1. The summed E-state index contributed by atoms with van der Waals surface area (Å²) in [6.07, 6.45) is 0.311. The molecule has 0 aliphatic carbocycles. The van der Waals surface area contributed by atoms with E-state index < -0.39 is 0 Å². The lowest BCUT2D eigenvalue weighted by molar-refractivity contribution is -0.115. The molecule has 0 aromatic heterocycles. The number of nitrogens with zero attached hydrogens (tertiary/aromatic N) is 1. The van der Waals surface area contributed by atoms with Crippen molar-refractivity contribution in [2.24, 2.45) is 0 Å². The molecule has 0 aliphatic rings. The van der Waals surface area contributed by atoms with Crippen molar-refractivity contribution in [1.82, 2.24) is 0 Å². The summed E-state index contributed by atoms with van der Waals surface area (Å²) in [7, 11) is 3.93. The van der Waals surface area contributed by atoms with Gasteiger partial charge >= 0.3 is 0 Å². The van der Waals surface area contributed by atoms with E-state index in [1.54, 1.807) is 12.1 Å². The van der Waals surface area contributed by atoms with Crippen LogP contribution in [0.15, 0.2) is 48.5 Å². The quantitative estimate of drug-likeness (QED) is 0.860. The highest BCUT2D eigenvalue weighted by molar-refractivity contribution is 5.91. The largest absolute Gasteiger partial charge is 0.384 e. The Morgan fingerprint density at radius 2 is 1.82 bits per heavy atom. The van der Waals surface area contributed by atoms with Crippen LogP contribution in [0.4, 0.5) is 21.5 Å². The molecule has 0 spiro atoms. The van der Waals surface area contributed by atoms with Crippen LogP contribution in [0.2, 0.25) is 0 Å². The van der Waals surface area contributed by atoms with Gasteiger partial charge in [0.1, 0.15) is 5.82 Å². The van der Waals surface area contributed by atoms with Gasteiger partial charge in [0.2, 0.25) is 5.91 Å². The van der Waals surface area contributed by atoms with Crippen LogP contribution in [0.3, 0.4) is 0 Å². The standard InChI is InChI=1S/C17H20FN3O/c1-21(2)16-8-6-14(7-9-16)20-17(22)10-11-19-15-5-3-4-13(18)12-15/h3-9,12,19H,10-11H2,1-2H3,(H,20,22). The lowest BCUT2D eigenvalue weighted by Gasteiger charge is -2.13. The van der Waals surface area contributed by atoms with Crippen LogP contribution in [-0.4, -0.2) is 26.5 Å². The smallest absolute Gasteiger partial charge is 0.226 e. The van der Waals surface area contributed by atoms with Crippen LogP contribution in [0.5, 0.6) is 0 Å². The molecule has 0 aliphatic heterocycles. The van der Waals surface area contributed by atoms with E-state index in [1.807, 2.05) is 43.3 Å². The summed E-state index contributed by atoms with van der Waals surface area (Å²) >= 11 is 0. The zero-order chi connectivity index (χ0) is 15.9. The minimum Gasteiger partial charge on any atom is -0.384 e. The Labute approximate surface area is 129 Å². The highest BCUT2D eigenvalue weighted by Gasteiger charge is 2.03. The Bertz CT molecular complexity index is 626. The van der Waals surface area contributed by atoms with Crippen LogP contribution in [0.25, 0.3) is 0 Å². The van der Waals surface area contributed by atoms with Crippen LogP contribution in [0.1, 0.15) is 6.42 Å². The molecular formula is C17H20FN3O. The van der Waals surface area contributed by atoms with Gasteiger partial charge in [0.25, 0.3) is 0 Å².